The second-order valence-corrected chi connectivity index (χ2v) is 7.27. The van der Waals surface area contributed by atoms with E-state index in [1.165, 1.54) is 5.69 Å². The highest BCUT2D eigenvalue weighted by Crippen LogP contribution is 2.39. The van der Waals surface area contributed by atoms with Gasteiger partial charge in [-0.25, -0.2) is 0 Å². The van der Waals surface area contributed by atoms with E-state index in [4.69, 9.17) is 9.31 Å². The normalized spacial score (nSPS) is 20.3. The summed E-state index contributed by atoms with van der Waals surface area (Å²) in [6.45, 7) is 8.26. The average molecular weight is 319 g/mol. The first-order chi connectivity index (χ1) is 10.2. The van der Waals surface area contributed by atoms with Crippen LogP contribution in [0.4, 0.5) is 5.69 Å². The molecule has 0 aromatic heterocycles. The zero-order valence-electron chi connectivity index (χ0n) is 14.4. The summed E-state index contributed by atoms with van der Waals surface area (Å²) in [6, 6.07) is 8.38. The van der Waals surface area contributed by atoms with Crippen LogP contribution in [0.1, 0.15) is 33.3 Å². The van der Waals surface area contributed by atoms with Crippen molar-refractivity contribution < 1.29 is 9.31 Å². The van der Waals surface area contributed by atoms with Gasteiger partial charge in [-0.15, -0.1) is 0 Å². The fourth-order valence-corrected chi connectivity index (χ4v) is 2.53. The molecule has 1 aromatic rings. The number of hydrogen-bond acceptors (Lipinski definition) is 4. The molecule has 0 saturated carbocycles. The van der Waals surface area contributed by atoms with Gasteiger partial charge in [-0.1, -0.05) is 18.2 Å². The lowest BCUT2D eigenvalue weighted by Gasteiger charge is -2.32. The fourth-order valence-electron chi connectivity index (χ4n) is 2.29. The molecule has 0 bridgehead atoms. The zero-order chi connectivity index (χ0) is 16.5. The molecule has 0 unspecified atom stereocenters. The Morgan fingerprint density at radius 3 is 2.27 bits per heavy atom. The lowest BCUT2D eigenvalue weighted by Crippen LogP contribution is -2.41. The molecule has 0 N–H and O–H groups in total. The van der Waals surface area contributed by atoms with Crippen molar-refractivity contribution in [2.75, 3.05) is 24.7 Å². The largest absolute Gasteiger partial charge is 0.491 e. The van der Waals surface area contributed by atoms with Crippen LogP contribution in [0.2, 0.25) is 0 Å². The van der Waals surface area contributed by atoms with Crippen molar-refractivity contribution in [1.29, 1.82) is 0 Å². The molecule has 1 heterocycles. The molecule has 0 aliphatic carbocycles. The van der Waals surface area contributed by atoms with E-state index in [1.807, 2.05) is 14.1 Å². The standard InChI is InChI=1S/C17H26BNO2S/c1-16(2)17(3,4)21-18(20-16)14(12-22)10-13-8-7-9-15(11-13)19(5)6/h7-11,22H,12H2,1-6H3. The van der Waals surface area contributed by atoms with E-state index in [9.17, 15) is 0 Å². The van der Waals surface area contributed by atoms with Crippen molar-refractivity contribution in [2.24, 2.45) is 0 Å². The first-order valence-corrected chi connectivity index (χ1v) is 8.24. The van der Waals surface area contributed by atoms with Gasteiger partial charge < -0.3 is 14.2 Å². The van der Waals surface area contributed by atoms with Crippen LogP contribution in [-0.4, -0.2) is 38.2 Å². The first kappa shape index (κ1) is 17.4. The van der Waals surface area contributed by atoms with Gasteiger partial charge in [-0.2, -0.15) is 12.6 Å². The molecule has 22 heavy (non-hydrogen) atoms. The zero-order valence-corrected chi connectivity index (χ0v) is 15.3. The number of benzene rings is 1. The van der Waals surface area contributed by atoms with Crippen molar-refractivity contribution in [3.8, 4) is 0 Å². The molecule has 120 valence electrons. The number of hydrogen-bond donors (Lipinski definition) is 1. The van der Waals surface area contributed by atoms with Crippen molar-refractivity contribution in [3.05, 3.63) is 35.3 Å². The number of nitrogens with zero attached hydrogens (tertiary/aromatic N) is 1. The minimum atomic E-state index is -0.342. The maximum Gasteiger partial charge on any atom is 0.491 e. The van der Waals surface area contributed by atoms with E-state index in [0.717, 1.165) is 11.0 Å². The summed E-state index contributed by atoms with van der Waals surface area (Å²) in [5, 5.41) is 0. The smallest absolute Gasteiger partial charge is 0.400 e. The summed E-state index contributed by atoms with van der Waals surface area (Å²) in [5.74, 6) is 0.600. The van der Waals surface area contributed by atoms with E-state index in [1.54, 1.807) is 0 Å². The second-order valence-electron chi connectivity index (χ2n) is 6.96. The van der Waals surface area contributed by atoms with Crippen molar-refractivity contribution in [3.63, 3.8) is 0 Å². The summed E-state index contributed by atoms with van der Waals surface area (Å²) in [6.07, 6.45) is 2.11. The third kappa shape index (κ3) is 3.53. The van der Waals surface area contributed by atoms with Gasteiger partial charge in [0.1, 0.15) is 0 Å². The molecule has 1 fully saturated rings. The molecular formula is C17H26BNO2S. The molecular weight excluding hydrogens is 293 g/mol. The Hall–Kier alpha value is -0.905. The molecule has 0 atom stereocenters. The van der Waals surface area contributed by atoms with E-state index < -0.39 is 0 Å². The van der Waals surface area contributed by atoms with Crippen LogP contribution in [0.25, 0.3) is 6.08 Å². The molecule has 5 heteroatoms. The number of rotatable bonds is 4. The van der Waals surface area contributed by atoms with Crippen LogP contribution < -0.4 is 4.90 Å². The van der Waals surface area contributed by atoms with E-state index in [0.29, 0.717) is 5.75 Å². The molecule has 2 rings (SSSR count). The Labute approximate surface area is 140 Å². The van der Waals surface area contributed by atoms with Crippen molar-refractivity contribution >= 4 is 31.5 Å². The highest BCUT2D eigenvalue weighted by molar-refractivity contribution is 7.80. The van der Waals surface area contributed by atoms with Crippen LogP contribution in [0, 0.1) is 0 Å². The van der Waals surface area contributed by atoms with E-state index in [-0.39, 0.29) is 18.3 Å². The Morgan fingerprint density at radius 1 is 1.18 bits per heavy atom. The lowest BCUT2D eigenvalue weighted by atomic mass is 9.78. The van der Waals surface area contributed by atoms with Crippen LogP contribution in [0.3, 0.4) is 0 Å². The van der Waals surface area contributed by atoms with Crippen molar-refractivity contribution in [1.82, 2.24) is 0 Å². The monoisotopic (exact) mass is 319 g/mol. The molecule has 1 aliphatic rings. The van der Waals surface area contributed by atoms with Gasteiger partial charge in [0.05, 0.1) is 11.2 Å². The Kier molecular flexibility index (Phi) is 5.00. The summed E-state index contributed by atoms with van der Waals surface area (Å²) >= 11 is 4.46. The van der Waals surface area contributed by atoms with Crippen LogP contribution in [-0.2, 0) is 9.31 Å². The molecule has 1 saturated heterocycles. The van der Waals surface area contributed by atoms with Gasteiger partial charge >= 0.3 is 7.12 Å². The predicted molar refractivity (Wildman–Crippen MR) is 98.7 cm³/mol. The van der Waals surface area contributed by atoms with E-state index in [2.05, 4.69) is 75.6 Å². The topological polar surface area (TPSA) is 21.7 Å². The maximum atomic E-state index is 6.12. The minimum Gasteiger partial charge on any atom is -0.400 e. The van der Waals surface area contributed by atoms with Crippen molar-refractivity contribution in [2.45, 2.75) is 38.9 Å². The number of thiol groups is 1. The fraction of sp³-hybridized carbons (Fsp3) is 0.529. The Bertz CT molecular complexity index is 554. The number of anilines is 1. The molecule has 3 nitrogen and oxygen atoms in total. The molecule has 0 amide bonds. The summed E-state index contributed by atoms with van der Waals surface area (Å²) < 4.78 is 12.2. The Morgan fingerprint density at radius 2 is 1.77 bits per heavy atom. The quantitative estimate of drug-likeness (QED) is 0.676. The molecule has 0 spiro atoms. The van der Waals surface area contributed by atoms with Gasteiger partial charge in [0, 0.05) is 25.5 Å². The lowest BCUT2D eigenvalue weighted by molar-refractivity contribution is 0.00578. The minimum absolute atomic E-state index is 0.328. The third-order valence-electron chi connectivity index (χ3n) is 4.48. The second kappa shape index (κ2) is 6.30. The van der Waals surface area contributed by atoms with Gasteiger partial charge in [0.2, 0.25) is 0 Å². The van der Waals surface area contributed by atoms with Gasteiger partial charge in [-0.3, -0.25) is 0 Å². The first-order valence-electron chi connectivity index (χ1n) is 7.60. The summed E-state index contributed by atoms with van der Waals surface area (Å²) in [4.78, 5) is 2.09. The van der Waals surface area contributed by atoms with Crippen LogP contribution in [0.5, 0.6) is 0 Å². The van der Waals surface area contributed by atoms with Crippen LogP contribution in [0.15, 0.2) is 29.7 Å². The third-order valence-corrected chi connectivity index (χ3v) is 4.84. The molecule has 1 aliphatic heterocycles. The summed E-state index contributed by atoms with van der Waals surface area (Å²) in [5.41, 5.74) is 2.68. The summed E-state index contributed by atoms with van der Waals surface area (Å²) in [7, 11) is 3.73. The Balaban J connectivity index is 2.27. The van der Waals surface area contributed by atoms with Gasteiger partial charge in [0.25, 0.3) is 0 Å². The highest BCUT2D eigenvalue weighted by Gasteiger charge is 2.52. The van der Waals surface area contributed by atoms with Gasteiger partial charge in [0.15, 0.2) is 0 Å². The maximum absolute atomic E-state index is 6.12. The average Bonchev–Trinajstić information content (AvgIpc) is 2.65. The predicted octanol–water partition coefficient (Wildman–Crippen LogP) is 3.70. The molecule has 1 aromatic carbocycles. The SMILES string of the molecule is CN(C)c1cccc(C=C(CS)B2OC(C)(C)C(C)(C)O2)c1. The van der Waals surface area contributed by atoms with Crippen LogP contribution >= 0.6 is 12.6 Å². The highest BCUT2D eigenvalue weighted by atomic mass is 32.1. The van der Waals surface area contributed by atoms with E-state index >= 15 is 0 Å². The molecule has 0 radical (unpaired) electrons. The van der Waals surface area contributed by atoms with Gasteiger partial charge in [-0.05, 0) is 50.9 Å².